The first kappa shape index (κ1) is 23.3. The van der Waals surface area contributed by atoms with Crippen molar-refractivity contribution in [2.75, 3.05) is 13.1 Å². The largest absolute Gasteiger partial charge is 0.439 e. The van der Waals surface area contributed by atoms with Gasteiger partial charge in [-0.15, -0.1) is 0 Å². The molecule has 0 saturated heterocycles. The zero-order valence-corrected chi connectivity index (χ0v) is 19.8. The van der Waals surface area contributed by atoms with Crippen LogP contribution >= 0.6 is 0 Å². The molecule has 1 saturated carbocycles. The van der Waals surface area contributed by atoms with Gasteiger partial charge in [0, 0.05) is 19.6 Å². The Morgan fingerprint density at radius 3 is 2.31 bits per heavy atom. The molecule has 35 heavy (non-hydrogen) atoms. The number of aliphatic hydroxyl groups excluding tert-OH is 1. The SMILES string of the molecule is Cc1nn(-c2ccccc2)c(Oc2ccc(F)cc2)c1CN(CC1CC1)C[C@H](O)c1ccccc1. The molecule has 0 spiro atoms. The number of hydrogen-bond donors (Lipinski definition) is 1. The Kier molecular flexibility index (Phi) is 6.93. The molecule has 6 heteroatoms. The van der Waals surface area contributed by atoms with Gasteiger partial charge in [0.05, 0.1) is 23.0 Å². The van der Waals surface area contributed by atoms with Crippen LogP contribution in [0.4, 0.5) is 4.39 Å². The van der Waals surface area contributed by atoms with Gasteiger partial charge < -0.3 is 9.84 Å². The number of hydrogen-bond acceptors (Lipinski definition) is 4. The molecule has 1 aliphatic rings. The van der Waals surface area contributed by atoms with Crippen molar-refractivity contribution >= 4 is 0 Å². The predicted molar refractivity (Wildman–Crippen MR) is 134 cm³/mol. The molecule has 5 nitrogen and oxygen atoms in total. The second kappa shape index (κ2) is 10.4. The van der Waals surface area contributed by atoms with E-state index in [2.05, 4.69) is 4.90 Å². The molecule has 1 N–H and O–H groups in total. The monoisotopic (exact) mass is 471 g/mol. The first-order valence-corrected chi connectivity index (χ1v) is 12.1. The van der Waals surface area contributed by atoms with Gasteiger partial charge in [-0.2, -0.15) is 5.10 Å². The van der Waals surface area contributed by atoms with Crippen molar-refractivity contribution in [2.45, 2.75) is 32.4 Å². The minimum atomic E-state index is -0.583. The molecule has 1 heterocycles. The highest BCUT2D eigenvalue weighted by atomic mass is 19.1. The maximum absolute atomic E-state index is 13.5. The Hall–Kier alpha value is -3.48. The number of rotatable bonds is 10. The molecule has 0 aliphatic heterocycles. The summed E-state index contributed by atoms with van der Waals surface area (Å²) in [6.45, 7) is 4.01. The molecule has 180 valence electrons. The van der Waals surface area contributed by atoms with Crippen molar-refractivity contribution in [3.05, 3.63) is 108 Å². The van der Waals surface area contributed by atoms with Gasteiger partial charge >= 0.3 is 0 Å². The number of aliphatic hydroxyl groups is 1. The van der Waals surface area contributed by atoms with Crippen LogP contribution in [0.1, 0.15) is 35.8 Å². The van der Waals surface area contributed by atoms with E-state index in [0.717, 1.165) is 29.1 Å². The molecule has 0 bridgehead atoms. The molecule has 5 rings (SSSR count). The van der Waals surface area contributed by atoms with Crippen LogP contribution in [0, 0.1) is 18.7 Å². The van der Waals surface area contributed by atoms with Gasteiger partial charge in [0.25, 0.3) is 0 Å². The number of para-hydroxylation sites is 1. The lowest BCUT2D eigenvalue weighted by molar-refractivity contribution is 0.105. The van der Waals surface area contributed by atoms with E-state index in [9.17, 15) is 9.50 Å². The zero-order valence-electron chi connectivity index (χ0n) is 19.8. The third-order valence-electron chi connectivity index (χ3n) is 6.38. The topological polar surface area (TPSA) is 50.5 Å². The van der Waals surface area contributed by atoms with Crippen molar-refractivity contribution in [1.29, 1.82) is 0 Å². The highest BCUT2D eigenvalue weighted by Gasteiger charge is 2.28. The molecule has 1 aliphatic carbocycles. The summed E-state index contributed by atoms with van der Waals surface area (Å²) in [4.78, 5) is 2.30. The first-order valence-electron chi connectivity index (χ1n) is 12.1. The van der Waals surface area contributed by atoms with Gasteiger partial charge in [-0.05, 0) is 67.6 Å². The van der Waals surface area contributed by atoms with E-state index < -0.39 is 6.10 Å². The van der Waals surface area contributed by atoms with Crippen LogP contribution in [-0.4, -0.2) is 32.9 Å². The number of ether oxygens (including phenoxy) is 1. The molecule has 3 aromatic carbocycles. The van der Waals surface area contributed by atoms with Gasteiger partial charge in [0.2, 0.25) is 5.88 Å². The molecule has 1 aromatic heterocycles. The first-order chi connectivity index (χ1) is 17.1. The Labute approximate surface area is 205 Å². The average molecular weight is 472 g/mol. The number of halogens is 1. The van der Waals surface area contributed by atoms with E-state index in [1.165, 1.54) is 25.0 Å². The van der Waals surface area contributed by atoms with Crippen molar-refractivity contribution in [3.63, 3.8) is 0 Å². The van der Waals surface area contributed by atoms with Gasteiger partial charge in [0.15, 0.2) is 0 Å². The lowest BCUT2D eigenvalue weighted by Crippen LogP contribution is -2.30. The summed E-state index contributed by atoms with van der Waals surface area (Å²) < 4.78 is 21.6. The molecule has 1 atom stereocenters. The lowest BCUT2D eigenvalue weighted by atomic mass is 10.1. The van der Waals surface area contributed by atoms with E-state index in [1.54, 1.807) is 16.8 Å². The van der Waals surface area contributed by atoms with Gasteiger partial charge in [-0.25, -0.2) is 9.07 Å². The summed E-state index contributed by atoms with van der Waals surface area (Å²) in [7, 11) is 0. The molecule has 4 aromatic rings. The van der Waals surface area contributed by atoms with Crippen LogP contribution in [0.3, 0.4) is 0 Å². The molecule has 1 fully saturated rings. The second-order valence-electron chi connectivity index (χ2n) is 9.24. The Bertz CT molecular complexity index is 1240. The highest BCUT2D eigenvalue weighted by Crippen LogP contribution is 2.35. The normalized spacial score (nSPS) is 14.3. The molecule has 0 amide bonds. The maximum atomic E-state index is 13.5. The maximum Gasteiger partial charge on any atom is 0.227 e. The van der Waals surface area contributed by atoms with Gasteiger partial charge in [-0.1, -0.05) is 48.5 Å². The van der Waals surface area contributed by atoms with Crippen LogP contribution in [0.15, 0.2) is 84.9 Å². The fourth-order valence-corrected chi connectivity index (χ4v) is 4.30. The number of aromatic nitrogens is 2. The van der Waals surface area contributed by atoms with E-state index in [-0.39, 0.29) is 5.82 Å². The fourth-order valence-electron chi connectivity index (χ4n) is 4.30. The van der Waals surface area contributed by atoms with Gasteiger partial charge in [0.1, 0.15) is 11.6 Å². The zero-order chi connectivity index (χ0) is 24.2. The lowest BCUT2D eigenvalue weighted by Gasteiger charge is -2.25. The molecule has 0 unspecified atom stereocenters. The third-order valence-corrected chi connectivity index (χ3v) is 6.38. The van der Waals surface area contributed by atoms with Gasteiger partial charge in [-0.3, -0.25) is 4.90 Å². The van der Waals surface area contributed by atoms with Crippen LogP contribution in [-0.2, 0) is 6.54 Å². The summed E-state index contributed by atoms with van der Waals surface area (Å²) in [6, 6.07) is 25.7. The standard InChI is InChI=1S/C29H30FN3O2/c1-21-27(19-32(18-22-12-13-22)20-28(34)23-8-4-2-5-9-23)29(35-26-16-14-24(30)15-17-26)33(31-21)25-10-6-3-7-11-25/h2-11,14-17,22,28,34H,12-13,18-20H2,1H3/t28-/m0/s1. The fraction of sp³-hybridized carbons (Fsp3) is 0.276. The molecular weight excluding hydrogens is 441 g/mol. The number of aryl methyl sites for hydroxylation is 1. The van der Waals surface area contributed by atoms with Crippen molar-refractivity contribution in [1.82, 2.24) is 14.7 Å². The van der Waals surface area contributed by atoms with E-state index in [0.29, 0.717) is 30.6 Å². The number of nitrogens with zero attached hydrogens (tertiary/aromatic N) is 3. The predicted octanol–water partition coefficient (Wildman–Crippen LogP) is 6.06. The van der Waals surface area contributed by atoms with Crippen LogP contribution in [0.5, 0.6) is 11.6 Å². The average Bonchev–Trinajstić information content (AvgIpc) is 3.65. The Balaban J connectivity index is 1.47. The second-order valence-corrected chi connectivity index (χ2v) is 9.24. The highest BCUT2D eigenvalue weighted by molar-refractivity contribution is 5.43. The van der Waals surface area contributed by atoms with E-state index in [4.69, 9.17) is 9.84 Å². The minimum absolute atomic E-state index is 0.309. The van der Waals surface area contributed by atoms with Crippen molar-refractivity contribution in [3.8, 4) is 17.3 Å². The van der Waals surface area contributed by atoms with E-state index >= 15 is 0 Å². The summed E-state index contributed by atoms with van der Waals surface area (Å²) in [5, 5.41) is 15.8. The van der Waals surface area contributed by atoms with Crippen LogP contribution < -0.4 is 4.74 Å². The van der Waals surface area contributed by atoms with Crippen molar-refractivity contribution < 1.29 is 14.2 Å². The van der Waals surface area contributed by atoms with Crippen molar-refractivity contribution in [2.24, 2.45) is 5.92 Å². The smallest absolute Gasteiger partial charge is 0.227 e. The van der Waals surface area contributed by atoms with Crippen LogP contribution in [0.2, 0.25) is 0 Å². The Morgan fingerprint density at radius 2 is 1.66 bits per heavy atom. The summed E-state index contributed by atoms with van der Waals surface area (Å²) in [6.07, 6.45) is 1.86. The summed E-state index contributed by atoms with van der Waals surface area (Å²) in [5.41, 5.74) is 3.62. The quantitative estimate of drug-likeness (QED) is 0.306. The van der Waals surface area contributed by atoms with E-state index in [1.807, 2.05) is 67.6 Å². The molecular formula is C29H30FN3O2. The minimum Gasteiger partial charge on any atom is -0.439 e. The summed E-state index contributed by atoms with van der Waals surface area (Å²) in [5.74, 6) is 1.50. The molecule has 0 radical (unpaired) electrons. The third kappa shape index (κ3) is 5.78. The van der Waals surface area contributed by atoms with Crippen LogP contribution in [0.25, 0.3) is 5.69 Å². The Morgan fingerprint density at radius 1 is 1.00 bits per heavy atom. The number of benzene rings is 3. The summed E-state index contributed by atoms with van der Waals surface area (Å²) >= 11 is 0.